The Morgan fingerprint density at radius 1 is 1.00 bits per heavy atom. The van der Waals surface area contributed by atoms with Gasteiger partial charge in [0.25, 0.3) is 5.56 Å². The number of hydrogen-bond acceptors (Lipinski definition) is 4. The third kappa shape index (κ3) is 3.19. The topological polar surface area (TPSA) is 64.1 Å². The van der Waals surface area contributed by atoms with Gasteiger partial charge in [-0.1, -0.05) is 24.3 Å². The first-order valence-electron chi connectivity index (χ1n) is 9.84. The molecule has 0 saturated heterocycles. The van der Waals surface area contributed by atoms with Crippen LogP contribution in [0.1, 0.15) is 17.5 Å². The van der Waals surface area contributed by atoms with Crippen LogP contribution in [0.15, 0.2) is 69.7 Å². The average Bonchev–Trinajstić information content (AvgIpc) is 3.44. The number of fused-ring (bicyclic) bond motifs is 1. The van der Waals surface area contributed by atoms with Crippen molar-refractivity contribution in [2.75, 3.05) is 7.11 Å². The first kappa shape index (κ1) is 18.6. The summed E-state index contributed by atoms with van der Waals surface area (Å²) in [5.41, 5.74) is 5.47. The van der Waals surface area contributed by atoms with Gasteiger partial charge in [-0.15, -0.1) is 11.3 Å². The molecule has 1 aliphatic rings. The minimum atomic E-state index is -0.468. The van der Waals surface area contributed by atoms with E-state index in [4.69, 9.17) is 4.74 Å². The SMILES string of the molecule is COc1c(-c2ccc3c(c2)CCC3)cc(-n2ccc(=O)[nH]c2=O)cc1-c1cccs1. The average molecular weight is 417 g/mol. The molecule has 5 rings (SSSR count). The van der Waals surface area contributed by atoms with E-state index in [-0.39, 0.29) is 0 Å². The largest absolute Gasteiger partial charge is 0.495 e. The maximum Gasteiger partial charge on any atom is 0.332 e. The molecule has 1 aliphatic carbocycles. The number of H-pyrrole nitrogens is 1. The highest BCUT2D eigenvalue weighted by atomic mass is 32.1. The number of rotatable bonds is 4. The van der Waals surface area contributed by atoms with Gasteiger partial charge in [0.15, 0.2) is 0 Å². The van der Waals surface area contributed by atoms with Crippen molar-refractivity contribution < 1.29 is 4.74 Å². The van der Waals surface area contributed by atoms with Gasteiger partial charge < -0.3 is 4.74 Å². The highest BCUT2D eigenvalue weighted by Gasteiger charge is 2.19. The van der Waals surface area contributed by atoms with Crippen molar-refractivity contribution in [2.45, 2.75) is 19.3 Å². The monoisotopic (exact) mass is 416 g/mol. The fourth-order valence-corrected chi connectivity index (χ4v) is 4.90. The van der Waals surface area contributed by atoms with E-state index in [0.717, 1.165) is 40.2 Å². The molecule has 30 heavy (non-hydrogen) atoms. The van der Waals surface area contributed by atoms with E-state index in [1.54, 1.807) is 18.4 Å². The molecular weight excluding hydrogens is 396 g/mol. The second kappa shape index (κ2) is 7.46. The molecule has 0 unspecified atom stereocenters. The summed E-state index contributed by atoms with van der Waals surface area (Å²) in [5.74, 6) is 0.775. The van der Waals surface area contributed by atoms with Crippen molar-refractivity contribution in [3.05, 3.63) is 92.1 Å². The zero-order valence-corrected chi connectivity index (χ0v) is 17.3. The second-order valence-electron chi connectivity index (χ2n) is 7.37. The van der Waals surface area contributed by atoms with Crippen molar-refractivity contribution >= 4 is 11.3 Å². The van der Waals surface area contributed by atoms with Crippen LogP contribution in [-0.4, -0.2) is 16.7 Å². The predicted molar refractivity (Wildman–Crippen MR) is 120 cm³/mol. The Morgan fingerprint density at radius 2 is 1.83 bits per heavy atom. The Labute approximate surface area is 177 Å². The van der Waals surface area contributed by atoms with Crippen molar-refractivity contribution in [2.24, 2.45) is 0 Å². The van der Waals surface area contributed by atoms with E-state index in [2.05, 4.69) is 23.2 Å². The molecule has 0 bridgehead atoms. The minimum absolute atomic E-state index is 0.415. The van der Waals surface area contributed by atoms with Gasteiger partial charge >= 0.3 is 5.69 Å². The van der Waals surface area contributed by atoms with Crippen LogP contribution in [-0.2, 0) is 12.8 Å². The van der Waals surface area contributed by atoms with E-state index in [1.807, 2.05) is 29.6 Å². The summed E-state index contributed by atoms with van der Waals surface area (Å²) >= 11 is 1.61. The first-order valence-corrected chi connectivity index (χ1v) is 10.7. The molecule has 2 heterocycles. The summed E-state index contributed by atoms with van der Waals surface area (Å²) in [5, 5.41) is 2.02. The lowest BCUT2D eigenvalue weighted by Crippen LogP contribution is -2.27. The summed E-state index contributed by atoms with van der Waals surface area (Å²) in [6.07, 6.45) is 4.90. The molecule has 0 atom stereocenters. The molecule has 1 N–H and O–H groups in total. The quantitative estimate of drug-likeness (QED) is 0.536. The van der Waals surface area contributed by atoms with Gasteiger partial charge in [-0.05, 0) is 59.5 Å². The first-order chi connectivity index (χ1) is 14.6. The lowest BCUT2D eigenvalue weighted by atomic mass is 9.96. The third-order valence-corrected chi connectivity index (χ3v) is 6.48. The van der Waals surface area contributed by atoms with E-state index in [1.165, 1.54) is 34.4 Å². The van der Waals surface area contributed by atoms with Crippen LogP contribution < -0.4 is 16.0 Å². The molecule has 0 aliphatic heterocycles. The minimum Gasteiger partial charge on any atom is -0.495 e. The number of aryl methyl sites for hydroxylation is 2. The summed E-state index contributed by atoms with van der Waals surface area (Å²) in [4.78, 5) is 27.4. The number of thiophene rings is 1. The van der Waals surface area contributed by atoms with Crippen LogP contribution in [0.2, 0.25) is 0 Å². The van der Waals surface area contributed by atoms with E-state index >= 15 is 0 Å². The molecule has 0 amide bonds. The number of aromatic nitrogens is 2. The number of aromatic amines is 1. The molecule has 0 spiro atoms. The van der Waals surface area contributed by atoms with Gasteiger partial charge in [0.05, 0.1) is 12.8 Å². The van der Waals surface area contributed by atoms with Gasteiger partial charge in [0.1, 0.15) is 5.75 Å². The molecule has 2 aromatic carbocycles. The predicted octanol–water partition coefficient (Wildman–Crippen LogP) is 4.42. The van der Waals surface area contributed by atoms with E-state index in [0.29, 0.717) is 5.69 Å². The zero-order valence-electron chi connectivity index (χ0n) is 16.5. The smallest absolute Gasteiger partial charge is 0.332 e. The van der Waals surface area contributed by atoms with E-state index in [9.17, 15) is 9.59 Å². The fraction of sp³-hybridized carbons (Fsp3) is 0.167. The van der Waals surface area contributed by atoms with Crippen LogP contribution in [0.5, 0.6) is 5.75 Å². The van der Waals surface area contributed by atoms with Crippen LogP contribution in [0.3, 0.4) is 0 Å². The van der Waals surface area contributed by atoms with Crippen molar-refractivity contribution in [3.63, 3.8) is 0 Å². The number of nitrogens with one attached hydrogen (secondary N) is 1. The standard InChI is InChI=1S/C24H20N2O3S/c1-29-23-19(17-8-7-15-4-2-5-16(15)12-17)13-18(14-20(23)21-6-3-11-30-21)26-10-9-22(27)25-24(26)28/h3,6-14H,2,4-5H2,1H3,(H,25,27,28). The number of ether oxygens (including phenoxy) is 1. The molecule has 6 heteroatoms. The molecule has 2 aromatic heterocycles. The highest BCUT2D eigenvalue weighted by Crippen LogP contribution is 2.43. The van der Waals surface area contributed by atoms with Gasteiger partial charge in [-0.25, -0.2) is 4.79 Å². The Morgan fingerprint density at radius 3 is 2.60 bits per heavy atom. The van der Waals surface area contributed by atoms with Crippen LogP contribution in [0.4, 0.5) is 0 Å². The Balaban J connectivity index is 1.79. The van der Waals surface area contributed by atoms with Crippen molar-refractivity contribution in [1.82, 2.24) is 9.55 Å². The Bertz CT molecular complexity index is 1350. The van der Waals surface area contributed by atoms with Crippen molar-refractivity contribution in [1.29, 1.82) is 0 Å². The Hall–Kier alpha value is -3.38. The molecule has 0 radical (unpaired) electrons. The zero-order chi connectivity index (χ0) is 20.7. The number of nitrogens with zero attached hydrogens (tertiary/aromatic N) is 1. The molecule has 5 nitrogen and oxygen atoms in total. The Kier molecular flexibility index (Phi) is 4.64. The maximum atomic E-state index is 12.5. The maximum absolute atomic E-state index is 12.5. The fourth-order valence-electron chi connectivity index (χ4n) is 4.16. The summed E-state index contributed by atoms with van der Waals surface area (Å²) in [6.45, 7) is 0. The summed E-state index contributed by atoms with van der Waals surface area (Å²) < 4.78 is 7.33. The number of hydrogen-bond donors (Lipinski definition) is 1. The molecule has 4 aromatic rings. The van der Waals surface area contributed by atoms with Gasteiger partial charge in [0, 0.05) is 28.3 Å². The second-order valence-corrected chi connectivity index (χ2v) is 8.32. The lowest BCUT2D eigenvalue weighted by Gasteiger charge is -2.17. The van der Waals surface area contributed by atoms with E-state index < -0.39 is 11.2 Å². The lowest BCUT2D eigenvalue weighted by molar-refractivity contribution is 0.418. The number of methoxy groups -OCH3 is 1. The van der Waals surface area contributed by atoms with Crippen LogP contribution in [0, 0.1) is 0 Å². The van der Waals surface area contributed by atoms with Crippen LogP contribution >= 0.6 is 11.3 Å². The molecular formula is C24H20N2O3S. The third-order valence-electron chi connectivity index (χ3n) is 5.58. The van der Waals surface area contributed by atoms with Crippen LogP contribution in [0.25, 0.3) is 27.3 Å². The molecule has 0 saturated carbocycles. The van der Waals surface area contributed by atoms with Gasteiger partial charge in [-0.2, -0.15) is 0 Å². The summed E-state index contributed by atoms with van der Waals surface area (Å²) in [7, 11) is 1.68. The molecule has 0 fully saturated rings. The van der Waals surface area contributed by atoms with Crippen molar-refractivity contribution in [3.8, 4) is 33.0 Å². The summed E-state index contributed by atoms with van der Waals surface area (Å²) in [6, 6.07) is 15.8. The van der Waals surface area contributed by atoms with Gasteiger partial charge in [0.2, 0.25) is 0 Å². The van der Waals surface area contributed by atoms with Gasteiger partial charge in [-0.3, -0.25) is 14.3 Å². The normalized spacial score (nSPS) is 12.7. The number of benzene rings is 2. The highest BCUT2D eigenvalue weighted by molar-refractivity contribution is 7.13. The molecule has 150 valence electrons.